The monoisotopic (exact) mass is 276 g/mol. The highest BCUT2D eigenvalue weighted by atomic mass is 16.5. The number of hydrogen-bond donors (Lipinski definition) is 2. The van der Waals surface area contributed by atoms with E-state index in [0.29, 0.717) is 12.6 Å². The second-order valence-electron chi connectivity index (χ2n) is 6.11. The molecule has 3 rings (SSSR count). The molecule has 2 N–H and O–H groups in total. The van der Waals surface area contributed by atoms with Crippen LogP contribution in [0.15, 0.2) is 18.5 Å². The summed E-state index contributed by atoms with van der Waals surface area (Å²) in [7, 11) is 0. The topological polar surface area (TPSA) is 54.4 Å². The van der Waals surface area contributed by atoms with Crippen LogP contribution in [0.25, 0.3) is 0 Å². The summed E-state index contributed by atoms with van der Waals surface area (Å²) in [5, 5.41) is 12.2. The molecule has 4 nitrogen and oxygen atoms in total. The van der Waals surface area contributed by atoms with Crippen molar-refractivity contribution < 1.29 is 9.84 Å². The van der Waals surface area contributed by atoms with Gasteiger partial charge in [0.25, 0.3) is 0 Å². The molecule has 1 unspecified atom stereocenters. The molecule has 0 spiro atoms. The van der Waals surface area contributed by atoms with E-state index in [4.69, 9.17) is 9.84 Å². The molecule has 3 atom stereocenters. The van der Waals surface area contributed by atoms with Crippen LogP contribution in [0.4, 0.5) is 0 Å². The Bertz CT molecular complexity index is 434. The van der Waals surface area contributed by atoms with Gasteiger partial charge in [-0.3, -0.25) is 4.98 Å². The van der Waals surface area contributed by atoms with Crippen molar-refractivity contribution in [1.82, 2.24) is 10.3 Å². The minimum atomic E-state index is 0.323. The number of pyridine rings is 1. The number of rotatable bonds is 8. The van der Waals surface area contributed by atoms with Crippen LogP contribution in [-0.2, 0) is 6.42 Å². The quantitative estimate of drug-likeness (QED) is 0.760. The summed E-state index contributed by atoms with van der Waals surface area (Å²) in [5.41, 5.74) is 1.28. The maximum absolute atomic E-state index is 8.85. The number of aliphatic hydroxyl groups is 1. The lowest BCUT2D eigenvalue weighted by Crippen LogP contribution is -2.46. The van der Waals surface area contributed by atoms with E-state index in [0.717, 1.165) is 50.0 Å². The van der Waals surface area contributed by atoms with Crippen molar-refractivity contribution in [2.45, 2.75) is 38.1 Å². The number of nitrogens with zero attached hydrogens (tertiary/aromatic N) is 1. The summed E-state index contributed by atoms with van der Waals surface area (Å²) in [6.45, 7) is 2.18. The van der Waals surface area contributed by atoms with E-state index in [1.807, 2.05) is 6.20 Å². The van der Waals surface area contributed by atoms with Crippen molar-refractivity contribution in [3.05, 3.63) is 24.0 Å². The summed E-state index contributed by atoms with van der Waals surface area (Å²) in [4.78, 5) is 4.29. The Morgan fingerprint density at radius 3 is 3.00 bits per heavy atom. The van der Waals surface area contributed by atoms with Crippen LogP contribution < -0.4 is 10.1 Å². The average Bonchev–Trinajstić information content (AvgIpc) is 3.13. The van der Waals surface area contributed by atoms with E-state index < -0.39 is 0 Å². The van der Waals surface area contributed by atoms with Crippen LogP contribution in [-0.4, -0.2) is 35.9 Å². The second kappa shape index (κ2) is 6.55. The van der Waals surface area contributed by atoms with E-state index in [1.54, 1.807) is 6.20 Å². The molecular formula is C16H24N2O2. The molecule has 2 fully saturated rings. The van der Waals surface area contributed by atoms with E-state index >= 15 is 0 Å². The zero-order valence-electron chi connectivity index (χ0n) is 11.9. The Morgan fingerprint density at radius 1 is 1.35 bits per heavy atom. The maximum Gasteiger partial charge on any atom is 0.137 e. The van der Waals surface area contributed by atoms with Gasteiger partial charge < -0.3 is 15.2 Å². The van der Waals surface area contributed by atoms with Crippen LogP contribution in [0, 0.1) is 11.8 Å². The summed E-state index contributed by atoms with van der Waals surface area (Å²) in [5.74, 6) is 2.49. The normalized spacial score (nSPS) is 27.9. The lowest BCUT2D eigenvalue weighted by atomic mass is 10.1. The van der Waals surface area contributed by atoms with Crippen molar-refractivity contribution in [1.29, 1.82) is 0 Å². The van der Waals surface area contributed by atoms with Crippen molar-refractivity contribution in [2.24, 2.45) is 11.8 Å². The Labute approximate surface area is 120 Å². The molecule has 1 saturated heterocycles. The standard InChI is InChI=1S/C16H24N2O2/c19-5-1-2-13-8-14(13)6-12-7-16(10-17-9-12)20-11-15-3-4-18-15/h7,9-10,13-15,18-19H,1-6,8,11H2/t13?,14-,15-/m0/s1. The summed E-state index contributed by atoms with van der Waals surface area (Å²) in [6.07, 6.45) is 9.48. The van der Waals surface area contributed by atoms with Gasteiger partial charge in [-0.15, -0.1) is 0 Å². The van der Waals surface area contributed by atoms with Gasteiger partial charge in [0.1, 0.15) is 12.4 Å². The predicted molar refractivity (Wildman–Crippen MR) is 77.8 cm³/mol. The van der Waals surface area contributed by atoms with Gasteiger partial charge in [-0.25, -0.2) is 0 Å². The molecule has 2 heterocycles. The lowest BCUT2D eigenvalue weighted by molar-refractivity contribution is 0.216. The number of ether oxygens (including phenoxy) is 1. The van der Waals surface area contributed by atoms with E-state index in [-0.39, 0.29) is 0 Å². The molecule has 0 radical (unpaired) electrons. The molecule has 110 valence electrons. The predicted octanol–water partition coefficient (Wildman–Crippen LogP) is 1.77. The van der Waals surface area contributed by atoms with Crippen molar-refractivity contribution in [2.75, 3.05) is 19.8 Å². The number of hydrogen-bond acceptors (Lipinski definition) is 4. The van der Waals surface area contributed by atoms with Crippen molar-refractivity contribution in [3.8, 4) is 5.75 Å². The summed E-state index contributed by atoms with van der Waals surface area (Å²) in [6, 6.07) is 2.65. The molecule has 1 aliphatic carbocycles. The first-order valence-corrected chi connectivity index (χ1v) is 7.76. The Morgan fingerprint density at radius 2 is 2.25 bits per heavy atom. The number of aliphatic hydroxyl groups excluding tert-OH is 1. The van der Waals surface area contributed by atoms with Gasteiger partial charge >= 0.3 is 0 Å². The minimum Gasteiger partial charge on any atom is -0.490 e. The molecular weight excluding hydrogens is 252 g/mol. The Hall–Kier alpha value is -1.13. The number of aromatic nitrogens is 1. The summed E-state index contributed by atoms with van der Waals surface area (Å²) < 4.78 is 5.79. The van der Waals surface area contributed by atoms with Gasteiger partial charge in [-0.05, 0) is 62.1 Å². The molecule has 1 aliphatic heterocycles. The molecule has 2 aliphatic rings. The van der Waals surface area contributed by atoms with Crippen molar-refractivity contribution in [3.63, 3.8) is 0 Å². The van der Waals surface area contributed by atoms with Crippen LogP contribution >= 0.6 is 0 Å². The van der Waals surface area contributed by atoms with E-state index in [1.165, 1.54) is 18.4 Å². The highest BCUT2D eigenvalue weighted by Crippen LogP contribution is 2.44. The first-order chi connectivity index (χ1) is 9.85. The molecule has 0 aromatic carbocycles. The minimum absolute atomic E-state index is 0.323. The zero-order valence-corrected chi connectivity index (χ0v) is 11.9. The van der Waals surface area contributed by atoms with Gasteiger partial charge in [-0.2, -0.15) is 0 Å². The van der Waals surface area contributed by atoms with Gasteiger partial charge in [0.2, 0.25) is 0 Å². The third-order valence-electron chi connectivity index (χ3n) is 4.45. The maximum atomic E-state index is 8.85. The molecule has 1 saturated carbocycles. The fourth-order valence-electron chi connectivity index (χ4n) is 2.91. The molecule has 20 heavy (non-hydrogen) atoms. The highest BCUT2D eigenvalue weighted by molar-refractivity contribution is 5.24. The largest absolute Gasteiger partial charge is 0.490 e. The highest BCUT2D eigenvalue weighted by Gasteiger charge is 2.35. The van der Waals surface area contributed by atoms with Crippen LogP contribution in [0.1, 0.15) is 31.2 Å². The fourth-order valence-corrected chi connectivity index (χ4v) is 2.91. The molecule has 4 heteroatoms. The smallest absolute Gasteiger partial charge is 0.137 e. The third-order valence-corrected chi connectivity index (χ3v) is 4.45. The van der Waals surface area contributed by atoms with Crippen molar-refractivity contribution >= 4 is 0 Å². The van der Waals surface area contributed by atoms with Crippen LogP contribution in [0.5, 0.6) is 5.75 Å². The van der Waals surface area contributed by atoms with Gasteiger partial charge in [-0.1, -0.05) is 0 Å². The fraction of sp³-hybridized carbons (Fsp3) is 0.688. The lowest BCUT2D eigenvalue weighted by Gasteiger charge is -2.27. The van der Waals surface area contributed by atoms with Crippen LogP contribution in [0.2, 0.25) is 0 Å². The second-order valence-corrected chi connectivity index (χ2v) is 6.11. The molecule has 1 aromatic heterocycles. The zero-order chi connectivity index (χ0) is 13.8. The first-order valence-electron chi connectivity index (χ1n) is 7.76. The van der Waals surface area contributed by atoms with Gasteiger partial charge in [0.15, 0.2) is 0 Å². The third kappa shape index (κ3) is 3.70. The molecule has 0 amide bonds. The number of nitrogens with one attached hydrogen (secondary N) is 1. The molecule has 0 bridgehead atoms. The Balaban J connectivity index is 1.45. The first kappa shape index (κ1) is 13.8. The van der Waals surface area contributed by atoms with Crippen LogP contribution in [0.3, 0.4) is 0 Å². The Kier molecular flexibility index (Phi) is 4.53. The summed E-state index contributed by atoms with van der Waals surface area (Å²) >= 11 is 0. The van der Waals surface area contributed by atoms with Gasteiger partial charge in [0, 0.05) is 18.8 Å². The SMILES string of the molecule is OCCCC1C[C@@H]1Cc1cncc(OC[C@@H]2CCN2)c1. The molecule has 1 aromatic rings. The average molecular weight is 276 g/mol. The van der Waals surface area contributed by atoms with E-state index in [9.17, 15) is 0 Å². The van der Waals surface area contributed by atoms with E-state index in [2.05, 4.69) is 16.4 Å². The van der Waals surface area contributed by atoms with Gasteiger partial charge in [0.05, 0.1) is 6.20 Å².